The fourth-order valence-electron chi connectivity index (χ4n) is 2.84. The van der Waals surface area contributed by atoms with Gasteiger partial charge in [0, 0.05) is 23.9 Å². The molecule has 0 saturated heterocycles. The Morgan fingerprint density at radius 3 is 2.41 bits per heavy atom. The standard InChI is InChI=1S/C22H22FN3O/c1-15-4-6-18(7-5-15)14-24-22(27)13-12-21-16(2)25-26(17(21)3)20-10-8-19(23)9-11-20/h4-13H,14H2,1-3H3,(H,24,27)/b13-12+. The summed E-state index contributed by atoms with van der Waals surface area (Å²) in [5.41, 5.74) is 5.60. The smallest absolute Gasteiger partial charge is 0.244 e. The number of nitrogens with zero attached hydrogens (tertiary/aromatic N) is 2. The summed E-state index contributed by atoms with van der Waals surface area (Å²) < 4.78 is 14.9. The lowest BCUT2D eigenvalue weighted by atomic mass is 10.1. The molecule has 0 bridgehead atoms. The van der Waals surface area contributed by atoms with E-state index in [1.54, 1.807) is 22.9 Å². The highest BCUT2D eigenvalue weighted by atomic mass is 19.1. The van der Waals surface area contributed by atoms with Crippen LogP contribution in [-0.4, -0.2) is 15.7 Å². The normalized spacial score (nSPS) is 11.1. The largest absolute Gasteiger partial charge is 0.348 e. The van der Waals surface area contributed by atoms with Gasteiger partial charge >= 0.3 is 0 Å². The number of aryl methyl sites for hydroxylation is 2. The summed E-state index contributed by atoms with van der Waals surface area (Å²) in [5.74, 6) is -0.449. The predicted molar refractivity (Wildman–Crippen MR) is 105 cm³/mol. The van der Waals surface area contributed by atoms with Crippen LogP contribution in [0.15, 0.2) is 54.6 Å². The molecule has 27 heavy (non-hydrogen) atoms. The number of aromatic nitrogens is 2. The summed E-state index contributed by atoms with van der Waals surface area (Å²) in [4.78, 5) is 12.1. The van der Waals surface area contributed by atoms with E-state index in [4.69, 9.17) is 0 Å². The van der Waals surface area contributed by atoms with E-state index in [0.29, 0.717) is 6.54 Å². The van der Waals surface area contributed by atoms with E-state index < -0.39 is 0 Å². The highest BCUT2D eigenvalue weighted by Crippen LogP contribution is 2.19. The third kappa shape index (κ3) is 4.50. The molecule has 1 amide bonds. The second-order valence-electron chi connectivity index (χ2n) is 6.51. The second kappa shape index (κ2) is 7.99. The molecule has 5 heteroatoms. The van der Waals surface area contributed by atoms with Gasteiger partial charge in [0.05, 0.1) is 11.4 Å². The molecule has 0 aliphatic rings. The number of hydrogen-bond donors (Lipinski definition) is 1. The molecule has 0 spiro atoms. The van der Waals surface area contributed by atoms with Crippen LogP contribution >= 0.6 is 0 Å². The molecule has 1 heterocycles. The maximum absolute atomic E-state index is 13.1. The lowest BCUT2D eigenvalue weighted by molar-refractivity contribution is -0.116. The Bertz CT molecular complexity index is 970. The first-order chi connectivity index (χ1) is 12.9. The van der Waals surface area contributed by atoms with Gasteiger partial charge in [-0.15, -0.1) is 0 Å². The average molecular weight is 363 g/mol. The first-order valence-electron chi connectivity index (χ1n) is 8.77. The number of nitrogens with one attached hydrogen (secondary N) is 1. The molecule has 3 rings (SSSR count). The van der Waals surface area contributed by atoms with E-state index >= 15 is 0 Å². The summed E-state index contributed by atoms with van der Waals surface area (Å²) in [5, 5.41) is 7.38. The Morgan fingerprint density at radius 1 is 1.07 bits per heavy atom. The van der Waals surface area contributed by atoms with Crippen LogP contribution in [0.3, 0.4) is 0 Å². The number of halogens is 1. The van der Waals surface area contributed by atoms with Gasteiger partial charge in [0.25, 0.3) is 0 Å². The summed E-state index contributed by atoms with van der Waals surface area (Å²) in [6.45, 7) is 6.32. The number of rotatable bonds is 5. The zero-order valence-corrected chi connectivity index (χ0v) is 15.7. The van der Waals surface area contributed by atoms with Gasteiger partial charge < -0.3 is 5.32 Å². The molecule has 0 radical (unpaired) electrons. The second-order valence-corrected chi connectivity index (χ2v) is 6.51. The minimum Gasteiger partial charge on any atom is -0.348 e. The fourth-order valence-corrected chi connectivity index (χ4v) is 2.84. The van der Waals surface area contributed by atoms with Crippen LogP contribution in [0.2, 0.25) is 0 Å². The van der Waals surface area contributed by atoms with Crippen LogP contribution in [0.5, 0.6) is 0 Å². The Kier molecular flexibility index (Phi) is 5.50. The van der Waals surface area contributed by atoms with Crippen molar-refractivity contribution in [1.29, 1.82) is 0 Å². The topological polar surface area (TPSA) is 46.9 Å². The zero-order chi connectivity index (χ0) is 19.4. The van der Waals surface area contributed by atoms with Gasteiger partial charge in [-0.25, -0.2) is 9.07 Å². The lowest BCUT2D eigenvalue weighted by Gasteiger charge is -2.04. The van der Waals surface area contributed by atoms with Crippen molar-refractivity contribution in [2.45, 2.75) is 27.3 Å². The van der Waals surface area contributed by atoms with Crippen molar-refractivity contribution in [2.24, 2.45) is 0 Å². The number of carbonyl (C=O) groups is 1. The summed E-state index contributed by atoms with van der Waals surface area (Å²) in [6.07, 6.45) is 3.28. The van der Waals surface area contributed by atoms with Crippen molar-refractivity contribution in [1.82, 2.24) is 15.1 Å². The van der Waals surface area contributed by atoms with Gasteiger partial charge in [-0.2, -0.15) is 5.10 Å². The van der Waals surface area contributed by atoms with Crippen molar-refractivity contribution in [2.75, 3.05) is 0 Å². The molecular formula is C22H22FN3O. The molecule has 3 aromatic rings. The van der Waals surface area contributed by atoms with Crippen LogP contribution in [0, 0.1) is 26.6 Å². The van der Waals surface area contributed by atoms with Crippen LogP contribution < -0.4 is 5.32 Å². The SMILES string of the molecule is Cc1ccc(CNC(=O)/C=C/c2c(C)nn(-c3ccc(F)cc3)c2C)cc1. The van der Waals surface area contributed by atoms with Gasteiger partial charge in [0.15, 0.2) is 0 Å². The number of carbonyl (C=O) groups excluding carboxylic acids is 1. The van der Waals surface area contributed by atoms with Crippen LogP contribution in [-0.2, 0) is 11.3 Å². The van der Waals surface area contributed by atoms with Crippen molar-refractivity contribution < 1.29 is 9.18 Å². The molecule has 2 aromatic carbocycles. The molecule has 0 unspecified atom stereocenters. The molecule has 0 aliphatic carbocycles. The predicted octanol–water partition coefficient (Wildman–Crippen LogP) is 4.27. The van der Waals surface area contributed by atoms with Gasteiger partial charge in [0.1, 0.15) is 5.82 Å². The third-order valence-electron chi connectivity index (χ3n) is 4.41. The Balaban J connectivity index is 1.70. The molecule has 4 nitrogen and oxygen atoms in total. The number of amides is 1. The van der Waals surface area contributed by atoms with E-state index in [2.05, 4.69) is 10.4 Å². The number of benzene rings is 2. The molecule has 0 fully saturated rings. The van der Waals surface area contributed by atoms with Crippen LogP contribution in [0.4, 0.5) is 4.39 Å². The molecule has 0 atom stereocenters. The maximum Gasteiger partial charge on any atom is 0.244 e. The zero-order valence-electron chi connectivity index (χ0n) is 15.7. The van der Waals surface area contributed by atoms with Crippen LogP contribution in [0.1, 0.15) is 28.1 Å². The average Bonchev–Trinajstić information content (AvgIpc) is 2.94. The van der Waals surface area contributed by atoms with Gasteiger partial charge in [-0.05, 0) is 56.7 Å². The van der Waals surface area contributed by atoms with Crippen LogP contribution in [0.25, 0.3) is 11.8 Å². The Labute approximate surface area is 158 Å². The van der Waals surface area contributed by atoms with E-state index in [0.717, 1.165) is 28.2 Å². The number of hydrogen-bond acceptors (Lipinski definition) is 2. The van der Waals surface area contributed by atoms with E-state index in [1.165, 1.54) is 23.8 Å². The fraction of sp³-hybridized carbons (Fsp3) is 0.182. The first kappa shape index (κ1) is 18.6. The summed E-state index contributed by atoms with van der Waals surface area (Å²) >= 11 is 0. The minimum atomic E-state index is -0.286. The summed E-state index contributed by atoms with van der Waals surface area (Å²) in [7, 11) is 0. The van der Waals surface area contributed by atoms with Gasteiger partial charge in [-0.3, -0.25) is 4.79 Å². The van der Waals surface area contributed by atoms with E-state index in [9.17, 15) is 9.18 Å². The van der Waals surface area contributed by atoms with Crippen molar-refractivity contribution >= 4 is 12.0 Å². The highest BCUT2D eigenvalue weighted by molar-refractivity contribution is 5.92. The third-order valence-corrected chi connectivity index (χ3v) is 4.41. The van der Waals surface area contributed by atoms with Gasteiger partial charge in [0.2, 0.25) is 5.91 Å². The minimum absolute atomic E-state index is 0.163. The van der Waals surface area contributed by atoms with Crippen molar-refractivity contribution in [3.8, 4) is 5.69 Å². The maximum atomic E-state index is 13.1. The van der Waals surface area contributed by atoms with Gasteiger partial charge in [-0.1, -0.05) is 29.8 Å². The first-order valence-corrected chi connectivity index (χ1v) is 8.77. The Hall–Kier alpha value is -3.21. The molecule has 138 valence electrons. The van der Waals surface area contributed by atoms with E-state index in [1.807, 2.05) is 45.0 Å². The highest BCUT2D eigenvalue weighted by Gasteiger charge is 2.11. The van der Waals surface area contributed by atoms with Crippen molar-refractivity contribution in [3.05, 3.63) is 88.5 Å². The lowest BCUT2D eigenvalue weighted by Crippen LogP contribution is -2.20. The molecule has 0 saturated carbocycles. The van der Waals surface area contributed by atoms with E-state index in [-0.39, 0.29) is 11.7 Å². The quantitative estimate of drug-likeness (QED) is 0.688. The summed E-state index contributed by atoms with van der Waals surface area (Å²) in [6, 6.07) is 14.2. The molecule has 1 N–H and O–H groups in total. The monoisotopic (exact) mass is 363 g/mol. The molecule has 1 aromatic heterocycles. The molecular weight excluding hydrogens is 341 g/mol. The Morgan fingerprint density at radius 2 is 1.74 bits per heavy atom. The van der Waals surface area contributed by atoms with Crippen molar-refractivity contribution in [3.63, 3.8) is 0 Å². The molecule has 0 aliphatic heterocycles.